The fourth-order valence-electron chi connectivity index (χ4n) is 5.96. The highest BCUT2D eigenvalue weighted by molar-refractivity contribution is 8.47. The molecule has 308 valence electrons. The Morgan fingerprint density at radius 2 is 1.30 bits per heavy atom. The number of hydrogen-bond donors (Lipinski definition) is 0. The Balaban J connectivity index is 2.20. The van der Waals surface area contributed by atoms with Crippen LogP contribution in [0.1, 0.15) is 156 Å². The monoisotopic (exact) mass is 808 g/mol. The highest BCUT2D eigenvalue weighted by Crippen LogP contribution is 2.30. The van der Waals surface area contributed by atoms with E-state index in [-0.39, 0.29) is 36.1 Å². The first kappa shape index (κ1) is 50.1. The maximum atomic E-state index is 13.1. The Kier molecular flexibility index (Phi) is 29.9. The Morgan fingerprint density at radius 3 is 1.89 bits per heavy atom. The zero-order valence-electron chi connectivity index (χ0n) is 34.5. The van der Waals surface area contributed by atoms with Gasteiger partial charge in [-0.1, -0.05) is 147 Å². The van der Waals surface area contributed by atoms with Gasteiger partial charge in [0.25, 0.3) is 0 Å². The van der Waals surface area contributed by atoms with Crippen LogP contribution in [0.15, 0.2) is 35.9 Å². The normalized spacial score (nSPS) is 13.0. The summed E-state index contributed by atoms with van der Waals surface area (Å²) in [7, 11) is 1.55. The number of unbranched alkanes of at least 4 members (excludes halogenated alkanes) is 14. The van der Waals surface area contributed by atoms with Crippen molar-refractivity contribution in [3.63, 3.8) is 0 Å². The van der Waals surface area contributed by atoms with Crippen molar-refractivity contribution < 1.29 is 33.3 Å². The number of thiocarbonyl (C=S) groups is 1. The standard InChI is InChI=1S/C44H72O7S3/c1-7-8-9-10-11-12-13-16-19-25-32-53-43(52)54-37(3)33-36(2)40(45)49-28-23-17-14-15-18-24-29-50-41(46)39(34-38-26-21-20-22-27-38)35-44(4,5)42(47)51-31-30-48-6/h20-22,26-27,34,36-37H,7-19,23-25,28-33,35H2,1-6H3/b39-34+. The lowest BCUT2D eigenvalue weighted by Gasteiger charge is -2.23. The molecule has 1 rings (SSSR count). The van der Waals surface area contributed by atoms with Crippen molar-refractivity contribution in [2.45, 2.75) is 155 Å². The van der Waals surface area contributed by atoms with Crippen molar-refractivity contribution in [1.29, 1.82) is 0 Å². The van der Waals surface area contributed by atoms with Crippen LogP contribution in [0.25, 0.3) is 6.08 Å². The maximum absolute atomic E-state index is 13.1. The van der Waals surface area contributed by atoms with Crippen LogP contribution in [0, 0.1) is 11.3 Å². The summed E-state index contributed by atoms with van der Waals surface area (Å²) in [5.74, 6) is 0.0174. The molecule has 7 nitrogen and oxygen atoms in total. The summed E-state index contributed by atoms with van der Waals surface area (Å²) in [4.78, 5) is 38.4. The molecule has 0 aliphatic rings. The zero-order valence-corrected chi connectivity index (χ0v) is 36.9. The van der Waals surface area contributed by atoms with Crippen LogP contribution >= 0.6 is 35.7 Å². The summed E-state index contributed by atoms with van der Waals surface area (Å²) >= 11 is 9.12. The van der Waals surface area contributed by atoms with Gasteiger partial charge < -0.3 is 18.9 Å². The Morgan fingerprint density at radius 1 is 0.741 bits per heavy atom. The van der Waals surface area contributed by atoms with Crippen LogP contribution in [0.4, 0.5) is 0 Å². The van der Waals surface area contributed by atoms with Gasteiger partial charge in [-0.25, -0.2) is 4.79 Å². The van der Waals surface area contributed by atoms with E-state index in [2.05, 4.69) is 13.8 Å². The molecule has 1 aromatic carbocycles. The number of thioether (sulfide) groups is 2. The van der Waals surface area contributed by atoms with Crippen LogP contribution in [-0.2, 0) is 33.3 Å². The van der Waals surface area contributed by atoms with Crippen LogP contribution < -0.4 is 0 Å². The molecule has 0 saturated heterocycles. The van der Waals surface area contributed by atoms with Crippen molar-refractivity contribution in [2.24, 2.45) is 11.3 Å². The molecule has 0 saturated carbocycles. The molecule has 0 amide bonds. The first-order valence-corrected chi connectivity index (χ1v) is 22.9. The number of carbonyl (C=O) groups excluding carboxylic acids is 3. The minimum atomic E-state index is -0.907. The highest BCUT2D eigenvalue weighted by atomic mass is 32.2. The molecule has 0 aromatic heterocycles. The van der Waals surface area contributed by atoms with Crippen molar-refractivity contribution in [3.8, 4) is 0 Å². The van der Waals surface area contributed by atoms with Crippen molar-refractivity contribution in [3.05, 3.63) is 41.5 Å². The number of esters is 3. The second-order valence-corrected chi connectivity index (χ2v) is 18.8. The predicted octanol–water partition coefficient (Wildman–Crippen LogP) is 12.2. The number of carbonyl (C=O) groups is 3. The lowest BCUT2D eigenvalue weighted by Crippen LogP contribution is -2.29. The van der Waals surface area contributed by atoms with E-state index in [4.69, 9.17) is 31.2 Å². The molecule has 2 atom stereocenters. The molecule has 0 spiro atoms. The molecule has 0 N–H and O–H groups in total. The van der Waals surface area contributed by atoms with Crippen LogP contribution in [0.3, 0.4) is 0 Å². The molecule has 0 bridgehead atoms. The van der Waals surface area contributed by atoms with E-state index in [1.807, 2.05) is 37.3 Å². The van der Waals surface area contributed by atoms with Gasteiger partial charge in [-0.3, -0.25) is 9.59 Å². The van der Waals surface area contributed by atoms with Crippen LogP contribution in [0.5, 0.6) is 0 Å². The highest BCUT2D eigenvalue weighted by Gasteiger charge is 2.33. The molecule has 54 heavy (non-hydrogen) atoms. The maximum Gasteiger partial charge on any atom is 0.334 e. The average Bonchev–Trinajstić information content (AvgIpc) is 3.14. The second kappa shape index (κ2) is 32.2. The average molecular weight is 809 g/mol. The Labute approximate surface area is 342 Å². The summed E-state index contributed by atoms with van der Waals surface area (Å²) in [6.07, 6.45) is 21.8. The van der Waals surface area contributed by atoms with Gasteiger partial charge in [-0.15, -0.1) is 23.5 Å². The summed E-state index contributed by atoms with van der Waals surface area (Å²) in [6, 6.07) is 9.55. The van der Waals surface area contributed by atoms with E-state index < -0.39 is 11.4 Å². The minimum absolute atomic E-state index is 0.125. The molecule has 2 unspecified atom stereocenters. The number of hydrogen-bond acceptors (Lipinski definition) is 10. The first-order chi connectivity index (χ1) is 26.0. The fourth-order valence-corrected chi connectivity index (χ4v) is 8.95. The molecule has 0 radical (unpaired) electrons. The minimum Gasteiger partial charge on any atom is -0.465 e. The fraction of sp³-hybridized carbons (Fsp3) is 0.727. The predicted molar refractivity (Wildman–Crippen MR) is 233 cm³/mol. The van der Waals surface area contributed by atoms with Gasteiger partial charge in [0.05, 0.1) is 31.2 Å². The van der Waals surface area contributed by atoms with Crippen molar-refractivity contribution in [2.75, 3.05) is 39.3 Å². The summed E-state index contributed by atoms with van der Waals surface area (Å²) in [6.45, 7) is 11.2. The molecule has 1 aromatic rings. The van der Waals surface area contributed by atoms with Crippen molar-refractivity contribution >= 4 is 63.3 Å². The third-order valence-electron chi connectivity index (χ3n) is 9.23. The Bertz CT molecular complexity index is 1190. The molecule has 0 fully saturated rings. The molecule has 0 aliphatic heterocycles. The van der Waals surface area contributed by atoms with Crippen LogP contribution in [-0.4, -0.2) is 66.0 Å². The zero-order chi connectivity index (χ0) is 39.9. The number of rotatable bonds is 32. The number of ether oxygens (including phenoxy) is 4. The van der Waals surface area contributed by atoms with Crippen LogP contribution in [0.2, 0.25) is 0 Å². The smallest absolute Gasteiger partial charge is 0.334 e. The largest absolute Gasteiger partial charge is 0.465 e. The van der Waals surface area contributed by atoms with E-state index in [1.165, 1.54) is 64.2 Å². The van der Waals surface area contributed by atoms with Gasteiger partial charge in [-0.2, -0.15) is 0 Å². The lowest BCUT2D eigenvalue weighted by atomic mass is 9.85. The first-order valence-electron chi connectivity index (χ1n) is 20.6. The quantitative estimate of drug-likeness (QED) is 0.0230. The molecular formula is C44H72O7S3. The molecule has 0 heterocycles. The van der Waals surface area contributed by atoms with Gasteiger partial charge in [0.1, 0.15) is 10.1 Å². The lowest BCUT2D eigenvalue weighted by molar-refractivity contribution is -0.155. The van der Waals surface area contributed by atoms with Gasteiger partial charge in [0.15, 0.2) is 0 Å². The van der Waals surface area contributed by atoms with Gasteiger partial charge >= 0.3 is 17.9 Å². The molecule has 0 aliphatic carbocycles. The Hall–Kier alpha value is -1.88. The van der Waals surface area contributed by atoms with E-state index >= 15 is 0 Å². The summed E-state index contributed by atoms with van der Waals surface area (Å²) in [5.41, 5.74) is 0.394. The summed E-state index contributed by atoms with van der Waals surface area (Å²) < 4.78 is 22.5. The number of benzene rings is 1. The third-order valence-corrected chi connectivity index (χ3v) is 12.0. The van der Waals surface area contributed by atoms with E-state index in [1.54, 1.807) is 50.6 Å². The molecule has 10 heteroatoms. The van der Waals surface area contributed by atoms with Crippen molar-refractivity contribution in [1.82, 2.24) is 0 Å². The SMILES string of the molecule is CCCCCCCCCCCCSC(=S)SC(C)CC(C)C(=O)OCCCCCCCCOC(=O)/C(=C/c1ccccc1)CC(C)(C)C(=O)OCCOC. The topological polar surface area (TPSA) is 88.1 Å². The van der Waals surface area contributed by atoms with Gasteiger partial charge in [0, 0.05) is 17.9 Å². The summed E-state index contributed by atoms with van der Waals surface area (Å²) in [5, 5.41) is 0.285. The third kappa shape index (κ3) is 26.1. The van der Waals surface area contributed by atoms with Gasteiger partial charge in [0.2, 0.25) is 0 Å². The van der Waals surface area contributed by atoms with Gasteiger partial charge in [-0.05, 0) is 63.3 Å². The number of methoxy groups -OCH3 is 1. The van der Waals surface area contributed by atoms with E-state index in [9.17, 15) is 14.4 Å². The molecular weight excluding hydrogens is 737 g/mol. The second-order valence-electron chi connectivity index (χ2n) is 15.0. The van der Waals surface area contributed by atoms with E-state index in [0.29, 0.717) is 25.4 Å². The van der Waals surface area contributed by atoms with E-state index in [0.717, 1.165) is 59.8 Å².